The molecule has 18 heavy (non-hydrogen) atoms. The van der Waals surface area contributed by atoms with Crippen LogP contribution in [0, 0.1) is 18.3 Å². The number of nitrogens with two attached hydrogens (primary N) is 1. The highest BCUT2D eigenvalue weighted by molar-refractivity contribution is 7.10. The standard InChI is InChI=1S/C14H15N3S/c1-10-5-7-18-14(10)4-6-17-13-3-2-11(9-15)8-12(13)16/h2-3,5,7-8,17H,4,6,16H2,1H3. The summed E-state index contributed by atoms with van der Waals surface area (Å²) in [7, 11) is 0. The molecule has 1 aromatic heterocycles. The zero-order valence-corrected chi connectivity index (χ0v) is 11.1. The quantitative estimate of drug-likeness (QED) is 0.827. The molecule has 2 aromatic rings. The predicted octanol–water partition coefficient (Wildman–Crippen LogP) is 3.17. The molecule has 0 bridgehead atoms. The molecule has 1 aromatic carbocycles. The van der Waals surface area contributed by atoms with E-state index in [4.69, 9.17) is 11.0 Å². The van der Waals surface area contributed by atoms with Gasteiger partial charge in [0.1, 0.15) is 0 Å². The van der Waals surface area contributed by atoms with Gasteiger partial charge in [0.15, 0.2) is 0 Å². The average Bonchev–Trinajstić information content (AvgIpc) is 2.77. The largest absolute Gasteiger partial charge is 0.397 e. The molecule has 0 atom stereocenters. The van der Waals surface area contributed by atoms with Crippen LogP contribution in [0.3, 0.4) is 0 Å². The number of thiophene rings is 1. The van der Waals surface area contributed by atoms with Gasteiger partial charge in [0, 0.05) is 11.4 Å². The zero-order chi connectivity index (χ0) is 13.0. The van der Waals surface area contributed by atoms with Crippen LogP contribution in [0.5, 0.6) is 0 Å². The molecule has 0 spiro atoms. The number of benzene rings is 1. The Morgan fingerprint density at radius 3 is 2.83 bits per heavy atom. The van der Waals surface area contributed by atoms with Crippen LogP contribution in [0.15, 0.2) is 29.6 Å². The zero-order valence-electron chi connectivity index (χ0n) is 10.2. The lowest BCUT2D eigenvalue weighted by molar-refractivity contribution is 1.03. The second-order valence-corrected chi connectivity index (χ2v) is 5.12. The Bertz CT molecular complexity index is 581. The van der Waals surface area contributed by atoms with E-state index in [2.05, 4.69) is 29.8 Å². The van der Waals surface area contributed by atoms with E-state index in [1.807, 2.05) is 6.07 Å². The van der Waals surface area contributed by atoms with Gasteiger partial charge >= 0.3 is 0 Å². The van der Waals surface area contributed by atoms with E-state index in [9.17, 15) is 0 Å². The van der Waals surface area contributed by atoms with Crippen molar-refractivity contribution in [2.75, 3.05) is 17.6 Å². The molecule has 3 N–H and O–H groups in total. The molecule has 0 aliphatic rings. The maximum absolute atomic E-state index is 8.76. The number of aryl methyl sites for hydroxylation is 1. The van der Waals surface area contributed by atoms with Crippen molar-refractivity contribution < 1.29 is 0 Å². The Hall–Kier alpha value is -1.99. The third kappa shape index (κ3) is 2.82. The predicted molar refractivity (Wildman–Crippen MR) is 76.8 cm³/mol. The van der Waals surface area contributed by atoms with Gasteiger partial charge in [0.2, 0.25) is 0 Å². The van der Waals surface area contributed by atoms with Crippen LogP contribution in [0.2, 0.25) is 0 Å². The summed E-state index contributed by atoms with van der Waals surface area (Å²) in [6, 6.07) is 9.53. The third-order valence-electron chi connectivity index (χ3n) is 2.82. The minimum Gasteiger partial charge on any atom is -0.397 e. The number of nitrogens with zero attached hydrogens (tertiary/aromatic N) is 1. The van der Waals surface area contributed by atoms with Crippen LogP contribution >= 0.6 is 11.3 Å². The van der Waals surface area contributed by atoms with E-state index in [0.29, 0.717) is 11.3 Å². The summed E-state index contributed by atoms with van der Waals surface area (Å²) in [4.78, 5) is 1.40. The van der Waals surface area contributed by atoms with Gasteiger partial charge in [0.05, 0.1) is 23.0 Å². The summed E-state index contributed by atoms with van der Waals surface area (Å²) in [5.41, 5.74) is 9.32. The van der Waals surface area contributed by atoms with Gasteiger partial charge in [-0.3, -0.25) is 0 Å². The van der Waals surface area contributed by atoms with E-state index >= 15 is 0 Å². The minimum absolute atomic E-state index is 0.590. The Morgan fingerprint density at radius 1 is 1.39 bits per heavy atom. The van der Waals surface area contributed by atoms with Crippen LogP contribution in [0.1, 0.15) is 16.0 Å². The maximum Gasteiger partial charge on any atom is 0.0992 e. The minimum atomic E-state index is 0.590. The number of nitrogen functional groups attached to an aromatic ring is 1. The van der Waals surface area contributed by atoms with Gasteiger partial charge < -0.3 is 11.1 Å². The lowest BCUT2D eigenvalue weighted by Gasteiger charge is -2.09. The normalized spacial score (nSPS) is 10.0. The highest BCUT2D eigenvalue weighted by Gasteiger charge is 2.02. The lowest BCUT2D eigenvalue weighted by atomic mass is 10.2. The number of nitriles is 1. The molecule has 3 nitrogen and oxygen atoms in total. The van der Waals surface area contributed by atoms with Gasteiger partial charge in [0.25, 0.3) is 0 Å². The first-order valence-electron chi connectivity index (χ1n) is 5.77. The first-order valence-corrected chi connectivity index (χ1v) is 6.65. The first kappa shape index (κ1) is 12.5. The van der Waals surface area contributed by atoms with Crippen molar-refractivity contribution in [1.82, 2.24) is 0 Å². The Labute approximate surface area is 111 Å². The summed E-state index contributed by atoms with van der Waals surface area (Å²) in [5.74, 6) is 0. The number of rotatable bonds is 4. The van der Waals surface area contributed by atoms with Crippen molar-refractivity contribution in [3.8, 4) is 6.07 Å². The SMILES string of the molecule is Cc1ccsc1CCNc1ccc(C#N)cc1N. The molecule has 4 heteroatoms. The van der Waals surface area contributed by atoms with Crippen LogP contribution in [0.25, 0.3) is 0 Å². The summed E-state index contributed by atoms with van der Waals surface area (Å²) in [6.07, 6.45) is 0.989. The third-order valence-corrected chi connectivity index (χ3v) is 3.90. The van der Waals surface area contributed by atoms with Crippen molar-refractivity contribution in [2.24, 2.45) is 0 Å². The van der Waals surface area contributed by atoms with Crippen molar-refractivity contribution in [3.05, 3.63) is 45.6 Å². The Morgan fingerprint density at radius 2 is 2.22 bits per heavy atom. The summed E-state index contributed by atoms with van der Waals surface area (Å²) < 4.78 is 0. The number of anilines is 2. The molecule has 0 amide bonds. The molecule has 0 saturated heterocycles. The molecule has 0 aliphatic carbocycles. The molecule has 0 aliphatic heterocycles. The maximum atomic E-state index is 8.76. The Kier molecular flexibility index (Phi) is 3.85. The van der Waals surface area contributed by atoms with Crippen molar-refractivity contribution in [1.29, 1.82) is 5.26 Å². The summed E-state index contributed by atoms with van der Waals surface area (Å²) >= 11 is 1.78. The van der Waals surface area contributed by atoms with E-state index in [0.717, 1.165) is 18.7 Å². The lowest BCUT2D eigenvalue weighted by Crippen LogP contribution is -2.06. The van der Waals surface area contributed by atoms with E-state index in [1.165, 1.54) is 10.4 Å². The van der Waals surface area contributed by atoms with Gasteiger partial charge in [-0.15, -0.1) is 11.3 Å². The number of hydrogen-bond acceptors (Lipinski definition) is 4. The van der Waals surface area contributed by atoms with Crippen LogP contribution in [-0.4, -0.2) is 6.54 Å². The molecule has 1 heterocycles. The van der Waals surface area contributed by atoms with Crippen LogP contribution in [-0.2, 0) is 6.42 Å². The fraction of sp³-hybridized carbons (Fsp3) is 0.214. The van der Waals surface area contributed by atoms with Gasteiger partial charge in [-0.05, 0) is 48.6 Å². The monoisotopic (exact) mass is 257 g/mol. The van der Waals surface area contributed by atoms with E-state index in [1.54, 1.807) is 23.5 Å². The fourth-order valence-corrected chi connectivity index (χ4v) is 2.67. The first-order chi connectivity index (χ1) is 8.70. The molecule has 2 rings (SSSR count). The van der Waals surface area contributed by atoms with Crippen molar-refractivity contribution in [2.45, 2.75) is 13.3 Å². The fourth-order valence-electron chi connectivity index (χ4n) is 1.76. The molecule has 92 valence electrons. The van der Waals surface area contributed by atoms with Gasteiger partial charge in [-0.25, -0.2) is 0 Å². The molecular formula is C14H15N3S. The molecule has 0 fully saturated rings. The highest BCUT2D eigenvalue weighted by atomic mass is 32.1. The van der Waals surface area contributed by atoms with E-state index in [-0.39, 0.29) is 0 Å². The van der Waals surface area contributed by atoms with Crippen LogP contribution in [0.4, 0.5) is 11.4 Å². The number of hydrogen-bond donors (Lipinski definition) is 2. The molecule has 0 radical (unpaired) electrons. The molecule has 0 unspecified atom stereocenters. The Balaban J connectivity index is 1.95. The number of nitrogens with one attached hydrogen (secondary N) is 1. The van der Waals surface area contributed by atoms with Gasteiger partial charge in [-0.2, -0.15) is 5.26 Å². The second-order valence-electron chi connectivity index (χ2n) is 4.12. The molecule has 0 saturated carbocycles. The van der Waals surface area contributed by atoms with Crippen molar-refractivity contribution in [3.63, 3.8) is 0 Å². The van der Waals surface area contributed by atoms with Crippen molar-refractivity contribution >= 4 is 22.7 Å². The highest BCUT2D eigenvalue weighted by Crippen LogP contribution is 2.20. The summed E-state index contributed by atoms with van der Waals surface area (Å²) in [5, 5.41) is 14.2. The second kappa shape index (κ2) is 5.56. The van der Waals surface area contributed by atoms with Crippen LogP contribution < -0.4 is 11.1 Å². The van der Waals surface area contributed by atoms with E-state index < -0.39 is 0 Å². The molecular weight excluding hydrogens is 242 g/mol. The smallest absolute Gasteiger partial charge is 0.0992 e. The topological polar surface area (TPSA) is 61.8 Å². The average molecular weight is 257 g/mol. The summed E-state index contributed by atoms with van der Waals surface area (Å²) in [6.45, 7) is 2.97. The van der Waals surface area contributed by atoms with Gasteiger partial charge in [-0.1, -0.05) is 0 Å².